The van der Waals surface area contributed by atoms with E-state index in [1.807, 2.05) is 19.2 Å². The van der Waals surface area contributed by atoms with Crippen LogP contribution in [0.25, 0.3) is 0 Å². The molecule has 1 aromatic carbocycles. The molecule has 3 N–H and O–H groups in total. The summed E-state index contributed by atoms with van der Waals surface area (Å²) in [6.07, 6.45) is 10.5. The van der Waals surface area contributed by atoms with E-state index in [-0.39, 0.29) is 23.9 Å². The lowest BCUT2D eigenvalue weighted by molar-refractivity contribution is -0.137. The fourth-order valence-corrected chi connectivity index (χ4v) is 6.44. The van der Waals surface area contributed by atoms with Crippen molar-refractivity contribution >= 4 is 17.5 Å². The first-order chi connectivity index (χ1) is 18.4. The Balaban J connectivity index is 1.37. The molecule has 0 radical (unpaired) electrons. The molecule has 0 unspecified atom stereocenters. The van der Waals surface area contributed by atoms with Crippen molar-refractivity contribution in [2.24, 2.45) is 11.8 Å². The Labute approximate surface area is 229 Å². The van der Waals surface area contributed by atoms with E-state index >= 15 is 0 Å². The van der Waals surface area contributed by atoms with Gasteiger partial charge in [0.05, 0.1) is 0 Å². The van der Waals surface area contributed by atoms with Crippen LogP contribution in [0.5, 0.6) is 0 Å². The predicted octanol–water partition coefficient (Wildman–Crippen LogP) is 3.94. The van der Waals surface area contributed by atoms with Crippen molar-refractivity contribution < 1.29 is 9.59 Å². The average molecular weight is 522 g/mol. The number of piperidine rings is 1. The molecule has 1 saturated carbocycles. The maximum Gasteiger partial charge on any atom is 0.247 e. The molecule has 3 fully saturated rings. The van der Waals surface area contributed by atoms with Gasteiger partial charge < -0.3 is 25.8 Å². The molecule has 0 aromatic heterocycles. The summed E-state index contributed by atoms with van der Waals surface area (Å²) < 4.78 is 0. The minimum absolute atomic E-state index is 0.123. The van der Waals surface area contributed by atoms with Crippen LogP contribution in [0.1, 0.15) is 57.4 Å². The Morgan fingerprint density at radius 1 is 1.08 bits per heavy atom. The number of hydrogen-bond donors (Lipinski definition) is 3. The van der Waals surface area contributed by atoms with Gasteiger partial charge in [-0.1, -0.05) is 44.6 Å². The summed E-state index contributed by atoms with van der Waals surface area (Å²) >= 11 is 0. The largest absolute Gasteiger partial charge is 0.376 e. The molecule has 4 rings (SSSR count). The number of carbonyl (C=O) groups excluding carboxylic acids is 2. The van der Waals surface area contributed by atoms with E-state index in [0.29, 0.717) is 17.9 Å². The number of benzene rings is 1. The third-order valence-corrected chi connectivity index (χ3v) is 9.04. The Kier molecular flexibility index (Phi) is 10.0. The third kappa shape index (κ3) is 7.06. The highest BCUT2D eigenvalue weighted by Crippen LogP contribution is 2.35. The molecule has 0 spiro atoms. The van der Waals surface area contributed by atoms with Crippen molar-refractivity contribution in [3.05, 3.63) is 54.8 Å². The second-order valence-corrected chi connectivity index (χ2v) is 11.4. The highest BCUT2D eigenvalue weighted by molar-refractivity contribution is 5.98. The molecule has 4 atom stereocenters. The van der Waals surface area contributed by atoms with Gasteiger partial charge in [-0.25, -0.2) is 0 Å². The van der Waals surface area contributed by atoms with Gasteiger partial charge in [-0.15, -0.1) is 0 Å². The van der Waals surface area contributed by atoms with Gasteiger partial charge in [-0.05, 0) is 88.2 Å². The zero-order valence-corrected chi connectivity index (χ0v) is 23.4. The summed E-state index contributed by atoms with van der Waals surface area (Å²) in [5, 5.41) is 9.65. The van der Waals surface area contributed by atoms with Crippen LogP contribution in [-0.2, 0) is 16.0 Å². The number of likely N-dealkylation sites (N-methyl/N-ethyl adjacent to an activating group) is 1. The summed E-state index contributed by atoms with van der Waals surface area (Å²) in [4.78, 5) is 30.4. The molecular weight excluding hydrogens is 474 g/mol. The lowest BCUT2D eigenvalue weighted by Crippen LogP contribution is -2.57. The van der Waals surface area contributed by atoms with Gasteiger partial charge in [-0.3, -0.25) is 9.59 Å². The molecule has 2 heterocycles. The zero-order valence-electron chi connectivity index (χ0n) is 23.4. The topological polar surface area (TPSA) is 76.7 Å². The normalized spacial score (nSPS) is 23.8. The molecule has 7 heteroatoms. The summed E-state index contributed by atoms with van der Waals surface area (Å²) in [7, 11) is 1.94. The van der Waals surface area contributed by atoms with E-state index in [1.165, 1.54) is 30.9 Å². The summed E-state index contributed by atoms with van der Waals surface area (Å²) in [6, 6.07) is 8.30. The first-order valence-corrected chi connectivity index (χ1v) is 14.6. The second-order valence-electron chi connectivity index (χ2n) is 11.4. The molecule has 1 aliphatic carbocycles. The van der Waals surface area contributed by atoms with Crippen LogP contribution >= 0.6 is 0 Å². The average Bonchev–Trinajstić information content (AvgIpc) is 3.38. The van der Waals surface area contributed by atoms with Gasteiger partial charge in [0.2, 0.25) is 11.8 Å². The molecule has 2 amide bonds. The molecule has 38 heavy (non-hydrogen) atoms. The number of likely N-dealkylation sites (tertiary alicyclic amines) is 2. The van der Waals surface area contributed by atoms with Crippen molar-refractivity contribution in [3.8, 4) is 0 Å². The minimum Gasteiger partial charge on any atom is -0.376 e. The molecule has 1 aromatic rings. The van der Waals surface area contributed by atoms with Crippen LogP contribution in [0.15, 0.2) is 49.2 Å². The van der Waals surface area contributed by atoms with Crippen molar-refractivity contribution in [1.82, 2.24) is 20.4 Å². The van der Waals surface area contributed by atoms with Crippen molar-refractivity contribution in [2.75, 3.05) is 38.5 Å². The Hall–Kier alpha value is -2.64. The quantitative estimate of drug-likeness (QED) is 0.385. The lowest BCUT2D eigenvalue weighted by atomic mass is 9.82. The first kappa shape index (κ1) is 28.4. The van der Waals surface area contributed by atoms with Crippen LogP contribution in [0.2, 0.25) is 0 Å². The third-order valence-electron chi connectivity index (χ3n) is 9.04. The SMILES string of the molecule is C=CC(=O)Nc1ccc(CCN2CC[C@@H]3CCN(C(=O)[C@@H](NC(=C)[C@H](C)NC)C4CCCCC4)[C@@H]3C2)cc1. The van der Waals surface area contributed by atoms with E-state index in [2.05, 4.69) is 58.0 Å². The number of rotatable bonds is 11. The van der Waals surface area contributed by atoms with Crippen molar-refractivity contribution in [3.63, 3.8) is 0 Å². The van der Waals surface area contributed by atoms with Crippen molar-refractivity contribution in [2.45, 2.75) is 76.4 Å². The monoisotopic (exact) mass is 521 g/mol. The summed E-state index contributed by atoms with van der Waals surface area (Å²) in [5.41, 5.74) is 2.95. The smallest absolute Gasteiger partial charge is 0.247 e. The van der Waals surface area contributed by atoms with E-state index in [1.54, 1.807) is 0 Å². The van der Waals surface area contributed by atoms with E-state index < -0.39 is 0 Å². The molecule has 2 aliphatic heterocycles. The maximum absolute atomic E-state index is 14.1. The Morgan fingerprint density at radius 3 is 2.47 bits per heavy atom. The van der Waals surface area contributed by atoms with E-state index in [0.717, 1.165) is 69.7 Å². The van der Waals surface area contributed by atoms with E-state index in [4.69, 9.17) is 0 Å². The van der Waals surface area contributed by atoms with Gasteiger partial charge in [0, 0.05) is 43.1 Å². The van der Waals surface area contributed by atoms with Crippen molar-refractivity contribution in [1.29, 1.82) is 0 Å². The fourth-order valence-electron chi connectivity index (χ4n) is 6.44. The van der Waals surface area contributed by atoms with E-state index in [9.17, 15) is 9.59 Å². The highest BCUT2D eigenvalue weighted by Gasteiger charge is 2.43. The maximum atomic E-state index is 14.1. The second kappa shape index (κ2) is 13.4. The van der Waals surface area contributed by atoms with Gasteiger partial charge in [0.25, 0.3) is 0 Å². The summed E-state index contributed by atoms with van der Waals surface area (Å²) in [5.74, 6) is 1.08. The molecule has 2 saturated heterocycles. The fraction of sp³-hybridized carbons (Fsp3) is 0.613. The number of hydrogen-bond acceptors (Lipinski definition) is 5. The van der Waals surface area contributed by atoms with Gasteiger partial charge in [0.1, 0.15) is 6.04 Å². The molecule has 3 aliphatic rings. The lowest BCUT2D eigenvalue weighted by Gasteiger charge is -2.41. The van der Waals surface area contributed by atoms with Gasteiger partial charge in [-0.2, -0.15) is 0 Å². The zero-order chi connectivity index (χ0) is 27.1. The minimum atomic E-state index is -0.196. The molecule has 0 bridgehead atoms. The van der Waals surface area contributed by atoms with Crippen LogP contribution in [-0.4, -0.2) is 73.0 Å². The number of fused-ring (bicyclic) bond motifs is 1. The standard InChI is InChI=1S/C31H47N5O2/c1-5-29(37)34-27-13-11-24(12-14-27)15-18-35-19-16-25-17-20-36(28(25)21-35)31(38)30(26-9-7-6-8-10-26)33-23(3)22(2)32-4/h5,11-14,22,25-26,28,30,32-33H,1,3,6-10,15-21H2,2,4H3,(H,34,37)/t22-,25+,28+,30-/m0/s1. The Bertz CT molecular complexity index is 971. The van der Waals surface area contributed by atoms with Crippen LogP contribution < -0.4 is 16.0 Å². The Morgan fingerprint density at radius 2 is 1.79 bits per heavy atom. The van der Waals surface area contributed by atoms with Crippen LogP contribution in [0.3, 0.4) is 0 Å². The number of carbonyl (C=O) groups is 2. The number of anilines is 1. The van der Waals surface area contributed by atoms with Crippen LogP contribution in [0, 0.1) is 11.8 Å². The highest BCUT2D eigenvalue weighted by atomic mass is 16.2. The summed E-state index contributed by atoms with van der Waals surface area (Å²) in [6.45, 7) is 13.8. The molecule has 7 nitrogen and oxygen atoms in total. The predicted molar refractivity (Wildman–Crippen MR) is 155 cm³/mol. The number of nitrogens with zero attached hydrogens (tertiary/aromatic N) is 2. The number of nitrogens with one attached hydrogen (secondary N) is 3. The van der Waals surface area contributed by atoms with Gasteiger partial charge >= 0.3 is 0 Å². The molecule has 208 valence electrons. The van der Waals surface area contributed by atoms with Crippen LogP contribution in [0.4, 0.5) is 5.69 Å². The molecular formula is C31H47N5O2. The van der Waals surface area contributed by atoms with Gasteiger partial charge in [0.15, 0.2) is 0 Å². The first-order valence-electron chi connectivity index (χ1n) is 14.6. The number of amides is 2.